The largest absolute Gasteiger partial charge is 0.338 e. The summed E-state index contributed by atoms with van der Waals surface area (Å²) in [7, 11) is 0. The van der Waals surface area contributed by atoms with E-state index >= 15 is 0 Å². The summed E-state index contributed by atoms with van der Waals surface area (Å²) < 4.78 is 32.1. The highest BCUT2D eigenvalue weighted by Crippen LogP contribution is 2.27. The number of benzene rings is 2. The lowest BCUT2D eigenvalue weighted by Crippen LogP contribution is -2.44. The van der Waals surface area contributed by atoms with E-state index in [0.717, 1.165) is 22.0 Å². The molecule has 40 heavy (non-hydrogen) atoms. The molecule has 202 valence electrons. The number of carbonyl (C=O) groups excluding carboxylic acids is 2. The molecule has 5 aromatic rings. The summed E-state index contributed by atoms with van der Waals surface area (Å²) in [6.45, 7) is 1.48. The van der Waals surface area contributed by atoms with Gasteiger partial charge in [0.05, 0.1) is 24.6 Å². The molecule has 0 bridgehead atoms. The normalized spacial score (nSPS) is 16.9. The van der Waals surface area contributed by atoms with Gasteiger partial charge in [0.1, 0.15) is 36.1 Å². The Kier molecular flexibility index (Phi) is 6.54. The number of hydrogen-bond donors (Lipinski definition) is 1. The third kappa shape index (κ3) is 4.81. The summed E-state index contributed by atoms with van der Waals surface area (Å²) in [4.78, 5) is 28.0. The molecule has 11 heteroatoms. The van der Waals surface area contributed by atoms with Crippen LogP contribution in [-0.2, 0) is 16.1 Å². The van der Waals surface area contributed by atoms with Gasteiger partial charge in [-0.3, -0.25) is 9.59 Å². The number of amides is 2. The second kappa shape index (κ2) is 10.3. The second-order valence-electron chi connectivity index (χ2n) is 9.77. The first-order valence-corrected chi connectivity index (χ1v) is 12.8. The van der Waals surface area contributed by atoms with E-state index in [9.17, 15) is 18.4 Å². The lowest BCUT2D eigenvalue weighted by molar-refractivity contribution is -0.137. The molecule has 2 amide bonds. The highest BCUT2D eigenvalue weighted by atomic mass is 19.1. The first kappa shape index (κ1) is 25.4. The molecule has 4 heterocycles. The average molecular weight is 542 g/mol. The Labute approximate surface area is 228 Å². The number of fused-ring (bicyclic) bond motifs is 1. The average Bonchev–Trinajstić information content (AvgIpc) is 3.65. The van der Waals surface area contributed by atoms with Crippen molar-refractivity contribution in [2.75, 3.05) is 11.9 Å². The minimum Gasteiger partial charge on any atom is -0.338 e. The molecule has 2 aromatic carbocycles. The molecular formula is C29H25F2N7O2. The monoisotopic (exact) mass is 541 g/mol. The van der Waals surface area contributed by atoms with Gasteiger partial charge in [-0.05, 0) is 48.9 Å². The van der Waals surface area contributed by atoms with Crippen LogP contribution >= 0.6 is 0 Å². The van der Waals surface area contributed by atoms with Crippen molar-refractivity contribution >= 4 is 28.5 Å². The van der Waals surface area contributed by atoms with Crippen molar-refractivity contribution in [3.63, 3.8) is 0 Å². The van der Waals surface area contributed by atoms with Crippen LogP contribution in [0.25, 0.3) is 27.7 Å². The van der Waals surface area contributed by atoms with Crippen LogP contribution in [-0.4, -0.2) is 60.0 Å². The van der Waals surface area contributed by atoms with Crippen molar-refractivity contribution < 1.29 is 18.4 Å². The molecular weight excluding hydrogens is 516 g/mol. The van der Waals surface area contributed by atoms with Crippen molar-refractivity contribution in [2.45, 2.75) is 32.1 Å². The Balaban J connectivity index is 1.20. The first-order valence-electron chi connectivity index (χ1n) is 12.8. The molecule has 0 aliphatic carbocycles. The van der Waals surface area contributed by atoms with Gasteiger partial charge in [-0.2, -0.15) is 15.3 Å². The molecule has 9 nitrogen and oxygen atoms in total. The Morgan fingerprint density at radius 2 is 1.90 bits per heavy atom. The fraction of sp³-hybridized carbons (Fsp3) is 0.207. The Morgan fingerprint density at radius 3 is 2.70 bits per heavy atom. The molecule has 1 aliphatic heterocycles. The van der Waals surface area contributed by atoms with Crippen molar-refractivity contribution in [3.05, 3.63) is 90.8 Å². The standard InChI is InChI=1S/C29H25F2N7O2/c1-18-12-27(38(35-18)25-5-3-2-4-23(25)31)34-29(40)26-14-22(30)16-37(26)28(39)17-36-11-9-20-13-19(6-7-24(20)36)21-8-10-32-33-15-21/h2-13,15,22,26H,14,16-17H2,1H3,(H,34,40). The predicted octanol–water partition coefficient (Wildman–Crippen LogP) is 4.31. The molecule has 2 atom stereocenters. The maximum absolute atomic E-state index is 14.6. The quantitative estimate of drug-likeness (QED) is 0.346. The van der Waals surface area contributed by atoms with Crippen LogP contribution in [0.1, 0.15) is 12.1 Å². The minimum atomic E-state index is -1.34. The molecule has 3 aromatic heterocycles. The third-order valence-corrected chi connectivity index (χ3v) is 7.03. The van der Waals surface area contributed by atoms with Gasteiger partial charge in [-0.25, -0.2) is 13.5 Å². The van der Waals surface area contributed by atoms with Gasteiger partial charge in [-0.15, -0.1) is 0 Å². The maximum Gasteiger partial charge on any atom is 0.248 e. The molecule has 6 rings (SSSR count). The lowest BCUT2D eigenvalue weighted by Gasteiger charge is -2.24. The van der Waals surface area contributed by atoms with Gasteiger partial charge >= 0.3 is 0 Å². The SMILES string of the molecule is Cc1cc(NC(=O)C2CC(F)CN2C(=O)Cn2ccc3cc(-c4ccnnc4)ccc32)n(-c2ccccc2F)n1. The van der Waals surface area contributed by atoms with E-state index < -0.39 is 23.9 Å². The van der Waals surface area contributed by atoms with E-state index in [1.165, 1.54) is 15.6 Å². The van der Waals surface area contributed by atoms with E-state index in [4.69, 9.17) is 0 Å². The van der Waals surface area contributed by atoms with Gasteiger partial charge in [-0.1, -0.05) is 18.2 Å². The lowest BCUT2D eigenvalue weighted by atomic mass is 10.1. The van der Waals surface area contributed by atoms with E-state index in [-0.39, 0.29) is 36.9 Å². The van der Waals surface area contributed by atoms with Gasteiger partial charge in [0.25, 0.3) is 0 Å². The number of likely N-dealkylation sites (tertiary alicyclic amines) is 1. The van der Waals surface area contributed by atoms with Gasteiger partial charge in [0.2, 0.25) is 11.8 Å². The van der Waals surface area contributed by atoms with Crippen LogP contribution in [0.15, 0.2) is 79.3 Å². The van der Waals surface area contributed by atoms with Crippen molar-refractivity contribution in [3.8, 4) is 16.8 Å². The molecule has 0 spiro atoms. The second-order valence-corrected chi connectivity index (χ2v) is 9.77. The van der Waals surface area contributed by atoms with E-state index in [0.29, 0.717) is 5.69 Å². The number of alkyl halides is 1. The Bertz CT molecular complexity index is 1720. The van der Waals surface area contributed by atoms with Crippen LogP contribution in [0.2, 0.25) is 0 Å². The summed E-state index contributed by atoms with van der Waals surface area (Å²) in [5.74, 6) is -1.21. The highest BCUT2D eigenvalue weighted by molar-refractivity contribution is 5.97. The number of rotatable bonds is 6. The highest BCUT2D eigenvalue weighted by Gasteiger charge is 2.40. The summed E-state index contributed by atoms with van der Waals surface area (Å²) in [6, 6.07) is 16.3. The number of carbonyl (C=O) groups is 2. The van der Waals surface area contributed by atoms with Crippen LogP contribution in [0.4, 0.5) is 14.6 Å². The number of anilines is 1. The summed E-state index contributed by atoms with van der Waals surface area (Å²) in [5.41, 5.74) is 3.45. The van der Waals surface area contributed by atoms with Crippen molar-refractivity contribution in [1.29, 1.82) is 0 Å². The maximum atomic E-state index is 14.6. The fourth-order valence-electron chi connectivity index (χ4n) is 5.13. The van der Waals surface area contributed by atoms with Crippen LogP contribution < -0.4 is 5.32 Å². The number of aryl methyl sites for hydroxylation is 1. The fourth-order valence-corrected chi connectivity index (χ4v) is 5.13. The predicted molar refractivity (Wildman–Crippen MR) is 145 cm³/mol. The molecule has 1 aliphatic rings. The molecule has 1 fully saturated rings. The number of aromatic nitrogens is 5. The molecule has 2 unspecified atom stereocenters. The van der Waals surface area contributed by atoms with Crippen LogP contribution in [0, 0.1) is 12.7 Å². The molecule has 1 saturated heterocycles. The first-order chi connectivity index (χ1) is 19.4. The van der Waals surface area contributed by atoms with Crippen LogP contribution in [0.3, 0.4) is 0 Å². The summed E-state index contributed by atoms with van der Waals surface area (Å²) >= 11 is 0. The summed E-state index contributed by atoms with van der Waals surface area (Å²) in [5, 5.41) is 15.7. The van der Waals surface area contributed by atoms with Gasteiger partial charge in [0, 0.05) is 35.2 Å². The Morgan fingerprint density at radius 1 is 1.05 bits per heavy atom. The number of nitrogens with zero attached hydrogens (tertiary/aromatic N) is 6. The molecule has 1 N–H and O–H groups in total. The number of nitrogens with one attached hydrogen (secondary N) is 1. The van der Waals surface area contributed by atoms with E-state index in [1.54, 1.807) is 54.3 Å². The topological polar surface area (TPSA) is 97.9 Å². The number of para-hydroxylation sites is 1. The van der Waals surface area contributed by atoms with Crippen molar-refractivity contribution in [1.82, 2.24) is 29.4 Å². The minimum absolute atomic E-state index is 0.0531. The summed E-state index contributed by atoms with van der Waals surface area (Å²) in [6.07, 6.45) is 3.64. The number of halogens is 2. The van der Waals surface area contributed by atoms with E-state index in [1.807, 2.05) is 30.3 Å². The third-order valence-electron chi connectivity index (χ3n) is 7.03. The van der Waals surface area contributed by atoms with Gasteiger partial charge in [0.15, 0.2) is 0 Å². The van der Waals surface area contributed by atoms with Crippen LogP contribution in [0.5, 0.6) is 0 Å². The zero-order valence-electron chi connectivity index (χ0n) is 21.5. The van der Waals surface area contributed by atoms with Crippen molar-refractivity contribution in [2.24, 2.45) is 0 Å². The Hall–Kier alpha value is -4.93. The zero-order valence-corrected chi connectivity index (χ0v) is 21.5. The molecule has 0 radical (unpaired) electrons. The van der Waals surface area contributed by atoms with E-state index in [2.05, 4.69) is 20.6 Å². The molecule has 0 saturated carbocycles. The number of hydrogen-bond acceptors (Lipinski definition) is 5. The smallest absolute Gasteiger partial charge is 0.248 e. The van der Waals surface area contributed by atoms with Gasteiger partial charge < -0.3 is 14.8 Å². The zero-order chi connectivity index (χ0) is 27.8.